The SMILES string of the molecule is CNC(=O)[C@@H]1C[C@H](N=[N+]=[N-])CN1C1CCCCC1. The Balaban J connectivity index is 2.08. The monoisotopic (exact) mass is 251 g/mol. The van der Waals surface area contributed by atoms with Crippen LogP contribution in [0, 0.1) is 0 Å². The molecule has 100 valence electrons. The molecule has 6 heteroatoms. The Hall–Kier alpha value is -1.26. The molecule has 1 N–H and O–H groups in total. The minimum atomic E-state index is -0.117. The van der Waals surface area contributed by atoms with Crippen LogP contribution in [0.3, 0.4) is 0 Å². The lowest BCUT2D eigenvalue weighted by Crippen LogP contribution is -2.47. The number of carbonyl (C=O) groups is 1. The first-order valence-corrected chi connectivity index (χ1v) is 6.77. The van der Waals surface area contributed by atoms with E-state index in [1.165, 1.54) is 19.3 Å². The van der Waals surface area contributed by atoms with Gasteiger partial charge in [0.2, 0.25) is 5.91 Å². The summed E-state index contributed by atoms with van der Waals surface area (Å²) in [5.74, 6) is 0.0520. The van der Waals surface area contributed by atoms with E-state index in [-0.39, 0.29) is 18.0 Å². The maximum absolute atomic E-state index is 11.9. The third kappa shape index (κ3) is 2.76. The Bertz CT molecular complexity index is 346. The smallest absolute Gasteiger partial charge is 0.237 e. The molecule has 2 aliphatic rings. The Kier molecular flexibility index (Phi) is 4.44. The molecule has 2 rings (SSSR count). The second kappa shape index (κ2) is 6.07. The van der Waals surface area contributed by atoms with Crippen molar-refractivity contribution in [3.05, 3.63) is 10.4 Å². The van der Waals surface area contributed by atoms with Gasteiger partial charge in [0.15, 0.2) is 0 Å². The van der Waals surface area contributed by atoms with Crippen LogP contribution in [0.5, 0.6) is 0 Å². The molecule has 0 radical (unpaired) electrons. The summed E-state index contributed by atoms with van der Waals surface area (Å²) >= 11 is 0. The molecule has 1 heterocycles. The molecule has 2 fully saturated rings. The third-order valence-electron chi connectivity index (χ3n) is 4.12. The minimum absolute atomic E-state index is 0.0520. The number of amides is 1. The maximum Gasteiger partial charge on any atom is 0.237 e. The molecule has 0 aromatic rings. The van der Waals surface area contributed by atoms with Crippen LogP contribution in [0.2, 0.25) is 0 Å². The number of carbonyl (C=O) groups excluding carboxylic acids is 1. The van der Waals surface area contributed by atoms with Crippen molar-refractivity contribution in [2.24, 2.45) is 5.11 Å². The van der Waals surface area contributed by atoms with Gasteiger partial charge in [0.1, 0.15) is 0 Å². The van der Waals surface area contributed by atoms with E-state index in [2.05, 4.69) is 20.2 Å². The molecule has 1 saturated heterocycles. The van der Waals surface area contributed by atoms with Crippen molar-refractivity contribution in [2.75, 3.05) is 13.6 Å². The van der Waals surface area contributed by atoms with E-state index in [1.54, 1.807) is 7.05 Å². The number of nitrogens with one attached hydrogen (secondary N) is 1. The van der Waals surface area contributed by atoms with Crippen LogP contribution in [0.15, 0.2) is 5.11 Å². The first-order chi connectivity index (χ1) is 8.76. The molecule has 1 amide bonds. The minimum Gasteiger partial charge on any atom is -0.358 e. The van der Waals surface area contributed by atoms with Crippen molar-refractivity contribution in [3.8, 4) is 0 Å². The van der Waals surface area contributed by atoms with E-state index >= 15 is 0 Å². The van der Waals surface area contributed by atoms with Gasteiger partial charge in [-0.2, -0.15) is 0 Å². The van der Waals surface area contributed by atoms with Gasteiger partial charge in [-0.1, -0.05) is 24.4 Å². The quantitative estimate of drug-likeness (QED) is 0.471. The fraction of sp³-hybridized carbons (Fsp3) is 0.917. The Morgan fingerprint density at radius 2 is 2.11 bits per heavy atom. The highest BCUT2D eigenvalue weighted by Crippen LogP contribution is 2.30. The fourth-order valence-electron chi connectivity index (χ4n) is 3.24. The Morgan fingerprint density at radius 1 is 1.39 bits per heavy atom. The predicted octanol–water partition coefficient (Wildman–Crippen LogP) is 1.82. The number of hydrogen-bond donors (Lipinski definition) is 1. The van der Waals surface area contributed by atoms with Crippen LogP contribution in [0.4, 0.5) is 0 Å². The summed E-state index contributed by atoms with van der Waals surface area (Å²) in [5, 5.41) is 6.52. The lowest BCUT2D eigenvalue weighted by molar-refractivity contribution is -0.125. The average Bonchev–Trinajstić information content (AvgIpc) is 2.83. The zero-order chi connectivity index (χ0) is 13.0. The van der Waals surface area contributed by atoms with Crippen molar-refractivity contribution in [1.82, 2.24) is 10.2 Å². The zero-order valence-electron chi connectivity index (χ0n) is 10.9. The summed E-state index contributed by atoms with van der Waals surface area (Å²) in [6.45, 7) is 0.729. The molecule has 1 aliphatic heterocycles. The first-order valence-electron chi connectivity index (χ1n) is 6.77. The van der Waals surface area contributed by atoms with E-state index in [4.69, 9.17) is 5.53 Å². The normalized spacial score (nSPS) is 29.8. The van der Waals surface area contributed by atoms with Gasteiger partial charge in [0.05, 0.1) is 12.1 Å². The van der Waals surface area contributed by atoms with Crippen LogP contribution in [-0.2, 0) is 4.79 Å². The van der Waals surface area contributed by atoms with Gasteiger partial charge < -0.3 is 5.32 Å². The van der Waals surface area contributed by atoms with Gasteiger partial charge in [0, 0.05) is 24.5 Å². The van der Waals surface area contributed by atoms with Gasteiger partial charge in [-0.05, 0) is 24.8 Å². The first kappa shape index (κ1) is 13.2. The van der Waals surface area contributed by atoms with E-state index in [1.807, 2.05) is 0 Å². The van der Waals surface area contributed by atoms with E-state index < -0.39 is 0 Å². The van der Waals surface area contributed by atoms with E-state index in [0.717, 1.165) is 19.4 Å². The standard InChI is InChI=1S/C12H21N5O/c1-14-12(18)11-7-9(15-16-13)8-17(11)10-5-3-2-4-6-10/h9-11H,2-8H2,1H3,(H,14,18)/t9-,11-/m0/s1. The molecule has 0 spiro atoms. The second-order valence-corrected chi connectivity index (χ2v) is 5.21. The van der Waals surface area contributed by atoms with E-state index in [9.17, 15) is 4.79 Å². The summed E-state index contributed by atoms with van der Waals surface area (Å²) in [4.78, 5) is 17.1. The highest BCUT2D eigenvalue weighted by atomic mass is 16.2. The summed E-state index contributed by atoms with van der Waals surface area (Å²) in [6.07, 6.45) is 6.77. The number of nitrogens with zero attached hydrogens (tertiary/aromatic N) is 4. The van der Waals surface area contributed by atoms with Gasteiger partial charge in [-0.3, -0.25) is 9.69 Å². The number of rotatable bonds is 3. The molecular weight excluding hydrogens is 230 g/mol. The summed E-state index contributed by atoms with van der Waals surface area (Å²) in [5.41, 5.74) is 8.54. The van der Waals surface area contributed by atoms with Gasteiger partial charge in [-0.15, -0.1) is 0 Å². The summed E-state index contributed by atoms with van der Waals surface area (Å²) < 4.78 is 0. The summed E-state index contributed by atoms with van der Waals surface area (Å²) in [7, 11) is 1.67. The van der Waals surface area contributed by atoms with Crippen molar-refractivity contribution in [2.45, 2.75) is 56.7 Å². The lowest BCUT2D eigenvalue weighted by Gasteiger charge is -2.34. The molecule has 1 aliphatic carbocycles. The topological polar surface area (TPSA) is 81.1 Å². The highest BCUT2D eigenvalue weighted by molar-refractivity contribution is 5.82. The predicted molar refractivity (Wildman–Crippen MR) is 69.0 cm³/mol. The molecule has 0 aromatic carbocycles. The number of azide groups is 1. The molecule has 0 unspecified atom stereocenters. The summed E-state index contributed by atoms with van der Waals surface area (Å²) in [6, 6.07) is 0.313. The van der Waals surface area contributed by atoms with Crippen LogP contribution >= 0.6 is 0 Å². The van der Waals surface area contributed by atoms with Crippen LogP contribution in [-0.4, -0.2) is 42.5 Å². The number of likely N-dealkylation sites (tertiary alicyclic amines) is 1. The molecule has 0 aromatic heterocycles. The van der Waals surface area contributed by atoms with Crippen molar-refractivity contribution >= 4 is 5.91 Å². The lowest BCUT2D eigenvalue weighted by atomic mass is 9.93. The van der Waals surface area contributed by atoms with Crippen molar-refractivity contribution < 1.29 is 4.79 Å². The number of hydrogen-bond acceptors (Lipinski definition) is 3. The Morgan fingerprint density at radius 3 is 2.72 bits per heavy atom. The Labute approximate surface area is 107 Å². The fourth-order valence-corrected chi connectivity index (χ4v) is 3.24. The number of likely N-dealkylation sites (N-methyl/N-ethyl adjacent to an activating group) is 1. The highest BCUT2D eigenvalue weighted by Gasteiger charge is 2.39. The van der Waals surface area contributed by atoms with Crippen LogP contribution < -0.4 is 5.32 Å². The van der Waals surface area contributed by atoms with Crippen molar-refractivity contribution in [3.63, 3.8) is 0 Å². The molecular formula is C12H21N5O. The van der Waals surface area contributed by atoms with Gasteiger partial charge in [-0.25, -0.2) is 0 Å². The van der Waals surface area contributed by atoms with Gasteiger partial charge >= 0.3 is 0 Å². The third-order valence-corrected chi connectivity index (χ3v) is 4.12. The molecule has 6 nitrogen and oxygen atoms in total. The largest absolute Gasteiger partial charge is 0.358 e. The van der Waals surface area contributed by atoms with Crippen LogP contribution in [0.25, 0.3) is 10.4 Å². The molecule has 0 bridgehead atoms. The van der Waals surface area contributed by atoms with Crippen LogP contribution in [0.1, 0.15) is 38.5 Å². The molecule has 2 atom stereocenters. The molecule has 1 saturated carbocycles. The zero-order valence-corrected chi connectivity index (χ0v) is 10.9. The molecule has 18 heavy (non-hydrogen) atoms. The second-order valence-electron chi connectivity index (χ2n) is 5.21. The van der Waals surface area contributed by atoms with E-state index in [0.29, 0.717) is 12.5 Å². The maximum atomic E-state index is 11.9. The van der Waals surface area contributed by atoms with Crippen molar-refractivity contribution in [1.29, 1.82) is 0 Å². The average molecular weight is 251 g/mol. The van der Waals surface area contributed by atoms with Gasteiger partial charge in [0.25, 0.3) is 0 Å².